The number of benzene rings is 1. The summed E-state index contributed by atoms with van der Waals surface area (Å²) in [5.74, 6) is -2.22. The van der Waals surface area contributed by atoms with Crippen LogP contribution in [0.15, 0.2) is 16.6 Å². The number of halogens is 5. The maximum Gasteiger partial charge on any atom is 0.573 e. The molecular formula is C8H5BrF4N2OS. The number of thiocarbonyl (C=S) groups is 1. The summed E-state index contributed by atoms with van der Waals surface area (Å²) >= 11 is 7.39. The highest BCUT2D eigenvalue weighted by molar-refractivity contribution is 9.10. The minimum Gasteiger partial charge on any atom is -0.400 e. The van der Waals surface area contributed by atoms with Crippen LogP contribution in [0, 0.1) is 5.82 Å². The van der Waals surface area contributed by atoms with Gasteiger partial charge in [-0.25, -0.2) is 4.39 Å². The summed E-state index contributed by atoms with van der Waals surface area (Å²) in [6.07, 6.45) is -5.02. The van der Waals surface area contributed by atoms with E-state index in [-0.39, 0.29) is 15.3 Å². The van der Waals surface area contributed by atoms with Crippen LogP contribution in [0.2, 0.25) is 0 Å². The van der Waals surface area contributed by atoms with E-state index in [2.05, 4.69) is 38.2 Å². The number of hydrogen-bond donors (Lipinski definition) is 2. The van der Waals surface area contributed by atoms with Gasteiger partial charge in [0.2, 0.25) is 0 Å². The molecule has 1 rings (SSSR count). The van der Waals surface area contributed by atoms with Gasteiger partial charge in [0.1, 0.15) is 5.69 Å². The van der Waals surface area contributed by atoms with Crippen LogP contribution in [0.5, 0.6) is 5.75 Å². The second kappa shape index (κ2) is 5.05. The fourth-order valence-electron chi connectivity index (χ4n) is 0.988. The maximum absolute atomic E-state index is 13.2. The van der Waals surface area contributed by atoms with Crippen LogP contribution in [-0.4, -0.2) is 11.5 Å². The van der Waals surface area contributed by atoms with Crippen LogP contribution < -0.4 is 15.8 Å². The summed E-state index contributed by atoms with van der Waals surface area (Å²) in [6.45, 7) is 0. The van der Waals surface area contributed by atoms with Crippen LogP contribution in [0.4, 0.5) is 23.2 Å². The highest BCUT2D eigenvalue weighted by atomic mass is 79.9. The molecule has 1 aromatic carbocycles. The van der Waals surface area contributed by atoms with E-state index in [0.29, 0.717) is 0 Å². The normalized spacial score (nSPS) is 11.1. The Morgan fingerprint density at radius 1 is 1.41 bits per heavy atom. The molecule has 0 saturated carbocycles. The first-order chi connectivity index (χ1) is 7.70. The largest absolute Gasteiger partial charge is 0.573 e. The Kier molecular flexibility index (Phi) is 4.15. The Labute approximate surface area is 107 Å². The van der Waals surface area contributed by atoms with Gasteiger partial charge in [-0.1, -0.05) is 0 Å². The van der Waals surface area contributed by atoms with Crippen LogP contribution in [-0.2, 0) is 0 Å². The molecule has 0 atom stereocenters. The lowest BCUT2D eigenvalue weighted by atomic mass is 10.3. The molecule has 1 aromatic rings. The van der Waals surface area contributed by atoms with E-state index < -0.39 is 17.9 Å². The van der Waals surface area contributed by atoms with Gasteiger partial charge >= 0.3 is 6.36 Å². The second-order valence-corrected chi connectivity index (χ2v) is 4.06. The van der Waals surface area contributed by atoms with Crippen molar-refractivity contribution in [3.8, 4) is 5.75 Å². The molecule has 3 N–H and O–H groups in total. The molecule has 0 aliphatic rings. The molecule has 0 fully saturated rings. The van der Waals surface area contributed by atoms with Gasteiger partial charge < -0.3 is 15.8 Å². The number of nitrogens with two attached hydrogens (primary N) is 1. The van der Waals surface area contributed by atoms with Gasteiger partial charge in [-0.15, -0.1) is 13.2 Å². The van der Waals surface area contributed by atoms with Gasteiger partial charge in [-0.05, 0) is 40.3 Å². The average Bonchev–Trinajstić information content (AvgIpc) is 2.15. The number of nitrogens with one attached hydrogen (secondary N) is 1. The first-order valence-corrected chi connectivity index (χ1v) is 5.21. The van der Waals surface area contributed by atoms with Crippen molar-refractivity contribution in [3.63, 3.8) is 0 Å². The Morgan fingerprint density at radius 3 is 2.47 bits per heavy atom. The molecule has 17 heavy (non-hydrogen) atoms. The first-order valence-electron chi connectivity index (χ1n) is 4.01. The number of anilines is 1. The molecule has 9 heteroatoms. The van der Waals surface area contributed by atoms with Gasteiger partial charge in [0.25, 0.3) is 0 Å². The standard InChI is InChI=1S/C8H5BrF4N2OS/c9-3-1-2-4(10)6(16-8(11,12)13)5(3)15-7(14)17/h1-2H,(H3,14,15,17). The van der Waals surface area contributed by atoms with Gasteiger partial charge in [-0.3, -0.25) is 0 Å². The Hall–Kier alpha value is -1.09. The minimum atomic E-state index is -5.02. The number of alkyl halides is 3. The SMILES string of the molecule is NC(=S)Nc1c(Br)ccc(F)c1OC(F)(F)F. The van der Waals surface area contributed by atoms with Crippen molar-refractivity contribution in [2.24, 2.45) is 5.73 Å². The Bertz CT molecular complexity index is 452. The predicted molar refractivity (Wildman–Crippen MR) is 61.2 cm³/mol. The van der Waals surface area contributed by atoms with Crippen LogP contribution in [0.3, 0.4) is 0 Å². The lowest BCUT2D eigenvalue weighted by Gasteiger charge is -2.15. The van der Waals surface area contributed by atoms with Crippen molar-refractivity contribution in [1.82, 2.24) is 0 Å². The fourth-order valence-corrected chi connectivity index (χ4v) is 1.50. The van der Waals surface area contributed by atoms with Crippen molar-refractivity contribution in [1.29, 1.82) is 0 Å². The summed E-state index contributed by atoms with van der Waals surface area (Å²) in [4.78, 5) is 0. The Morgan fingerprint density at radius 2 is 2.00 bits per heavy atom. The molecule has 94 valence electrons. The van der Waals surface area contributed by atoms with E-state index in [0.717, 1.165) is 6.07 Å². The van der Waals surface area contributed by atoms with E-state index in [1.54, 1.807) is 0 Å². The van der Waals surface area contributed by atoms with Crippen LogP contribution in [0.1, 0.15) is 0 Å². The topological polar surface area (TPSA) is 47.3 Å². The first kappa shape index (κ1) is 14.0. The molecule has 3 nitrogen and oxygen atoms in total. The predicted octanol–water partition coefficient (Wildman–Crippen LogP) is 3.14. The molecule has 0 aromatic heterocycles. The third kappa shape index (κ3) is 4.00. The molecular weight excluding hydrogens is 328 g/mol. The van der Waals surface area contributed by atoms with E-state index in [1.807, 2.05) is 0 Å². The van der Waals surface area contributed by atoms with Gasteiger partial charge in [0, 0.05) is 4.47 Å². The van der Waals surface area contributed by atoms with Gasteiger partial charge in [0.15, 0.2) is 16.7 Å². The molecule has 0 aliphatic carbocycles. The van der Waals surface area contributed by atoms with E-state index in [4.69, 9.17) is 5.73 Å². The van der Waals surface area contributed by atoms with E-state index >= 15 is 0 Å². The second-order valence-electron chi connectivity index (χ2n) is 2.77. The van der Waals surface area contributed by atoms with Crippen LogP contribution in [0.25, 0.3) is 0 Å². The molecule has 0 unspecified atom stereocenters. The summed E-state index contributed by atoms with van der Waals surface area (Å²) in [5, 5.41) is 1.89. The number of rotatable bonds is 2. The zero-order valence-corrected chi connectivity index (χ0v) is 10.3. The summed E-state index contributed by atoms with van der Waals surface area (Å²) in [7, 11) is 0. The summed E-state index contributed by atoms with van der Waals surface area (Å²) in [6, 6.07) is 2.01. The lowest BCUT2D eigenvalue weighted by molar-refractivity contribution is -0.275. The quantitative estimate of drug-likeness (QED) is 0.645. The van der Waals surface area contributed by atoms with Crippen molar-refractivity contribution in [2.75, 3.05) is 5.32 Å². The number of ether oxygens (including phenoxy) is 1. The monoisotopic (exact) mass is 332 g/mol. The lowest BCUT2D eigenvalue weighted by Crippen LogP contribution is -2.23. The smallest absolute Gasteiger partial charge is 0.400 e. The average molecular weight is 333 g/mol. The summed E-state index contributed by atoms with van der Waals surface area (Å²) < 4.78 is 53.2. The van der Waals surface area contributed by atoms with Gasteiger partial charge in [-0.2, -0.15) is 0 Å². The molecule has 0 aliphatic heterocycles. The van der Waals surface area contributed by atoms with E-state index in [9.17, 15) is 17.6 Å². The zero-order valence-electron chi connectivity index (χ0n) is 7.94. The molecule has 0 bridgehead atoms. The minimum absolute atomic E-state index is 0.131. The van der Waals surface area contributed by atoms with Crippen molar-refractivity contribution in [2.45, 2.75) is 6.36 Å². The summed E-state index contributed by atoms with van der Waals surface area (Å²) in [5.41, 5.74) is 4.79. The highest BCUT2D eigenvalue weighted by Gasteiger charge is 2.34. The van der Waals surface area contributed by atoms with Gasteiger partial charge in [0.05, 0.1) is 0 Å². The Balaban J connectivity index is 3.24. The molecule has 0 amide bonds. The third-order valence-corrected chi connectivity index (χ3v) is 2.29. The molecule has 0 saturated heterocycles. The number of hydrogen-bond acceptors (Lipinski definition) is 2. The van der Waals surface area contributed by atoms with Crippen molar-refractivity contribution < 1.29 is 22.3 Å². The van der Waals surface area contributed by atoms with Crippen molar-refractivity contribution >= 4 is 38.9 Å². The maximum atomic E-state index is 13.2. The third-order valence-electron chi connectivity index (χ3n) is 1.52. The van der Waals surface area contributed by atoms with Crippen molar-refractivity contribution in [3.05, 3.63) is 22.4 Å². The fraction of sp³-hybridized carbons (Fsp3) is 0.125. The highest BCUT2D eigenvalue weighted by Crippen LogP contribution is 2.38. The zero-order chi connectivity index (χ0) is 13.2. The van der Waals surface area contributed by atoms with E-state index in [1.165, 1.54) is 6.07 Å². The molecule has 0 spiro atoms. The van der Waals surface area contributed by atoms with Crippen LogP contribution >= 0.6 is 28.1 Å². The molecule has 0 heterocycles. The molecule has 0 radical (unpaired) electrons.